The molecule has 0 amide bonds. The Hall–Kier alpha value is -8.26. The molecule has 0 saturated heterocycles. The van der Waals surface area contributed by atoms with E-state index in [2.05, 4.69) is 272 Å². The predicted octanol–water partition coefficient (Wildman–Crippen LogP) is 17.9. The maximum atomic E-state index is 2.48. The maximum Gasteiger partial charge on any atom is 0.0541 e. The summed E-state index contributed by atoms with van der Waals surface area (Å²) in [6.45, 7) is 2.41. The van der Waals surface area contributed by atoms with Gasteiger partial charge in [-0.1, -0.05) is 237 Å². The monoisotopic (exact) mass is 911 g/mol. The molecule has 342 valence electrons. The van der Waals surface area contributed by atoms with Gasteiger partial charge in [-0.25, -0.2) is 0 Å². The van der Waals surface area contributed by atoms with E-state index in [0.29, 0.717) is 17.8 Å². The number of aromatic nitrogens is 1. The Labute approximate surface area is 419 Å². The summed E-state index contributed by atoms with van der Waals surface area (Å²) in [7, 11) is 0. The van der Waals surface area contributed by atoms with Gasteiger partial charge in [0.15, 0.2) is 0 Å². The molecule has 0 saturated carbocycles. The van der Waals surface area contributed by atoms with E-state index in [1.807, 2.05) is 0 Å². The second kappa shape index (κ2) is 19.6. The molecule has 0 spiro atoms. The lowest BCUT2D eigenvalue weighted by Crippen LogP contribution is -2.14. The van der Waals surface area contributed by atoms with Crippen LogP contribution in [0.1, 0.15) is 74.7 Å². The molecule has 3 atom stereocenters. The van der Waals surface area contributed by atoms with Crippen molar-refractivity contribution in [1.29, 1.82) is 0 Å². The molecule has 3 unspecified atom stereocenters. The number of rotatable bonds is 13. The van der Waals surface area contributed by atoms with Crippen LogP contribution in [0, 0.1) is 0 Å². The molecule has 0 bridgehead atoms. The SMILES string of the molecule is CC(c1ccc(-c2ccc(C=C(Cc3ccc4c(c3)-c3ccccc3CC4Cc3ccccc3)c3ccccc3)cc2)cc1)C(Cc1ccc2c(c1)c1ccccc1n2-c1ccccc1)c1ccccc1. The molecule has 0 fully saturated rings. The third-order valence-corrected chi connectivity index (χ3v) is 15.3. The molecule has 0 N–H and O–H groups in total. The molecule has 10 aromatic carbocycles. The van der Waals surface area contributed by atoms with Crippen molar-refractivity contribution in [3.05, 3.63) is 305 Å². The van der Waals surface area contributed by atoms with Crippen molar-refractivity contribution in [1.82, 2.24) is 4.57 Å². The van der Waals surface area contributed by atoms with Gasteiger partial charge in [0, 0.05) is 16.5 Å². The lowest BCUT2D eigenvalue weighted by Gasteiger charge is -2.29. The standard InChI is InChI=1S/C70H57N/c1-49(66(58-22-10-4-11-23-58)45-53-33-41-70-68(47-53)65-28-16-17-29-69(65)71(70)62-25-12-5-13-26-62)54-36-38-57(39-37-54)56-34-30-51(31-35-56)42-60(55-20-8-3-9-21-55)44-52-32-40-64-61(43-50-18-6-2-7-19-50)48-59-24-14-15-27-63(59)67(64)46-52/h2-42,46-47,49,61,66H,43-45,48H2,1H3. The highest BCUT2D eigenvalue weighted by atomic mass is 15.0. The highest BCUT2D eigenvalue weighted by Gasteiger charge is 2.26. The van der Waals surface area contributed by atoms with Crippen LogP contribution < -0.4 is 0 Å². The minimum Gasteiger partial charge on any atom is -0.309 e. The van der Waals surface area contributed by atoms with Gasteiger partial charge in [-0.15, -0.1) is 0 Å². The zero-order chi connectivity index (χ0) is 47.5. The van der Waals surface area contributed by atoms with E-state index in [9.17, 15) is 0 Å². The van der Waals surface area contributed by atoms with Crippen molar-refractivity contribution in [2.24, 2.45) is 0 Å². The van der Waals surface area contributed by atoms with Crippen LogP contribution in [0.3, 0.4) is 0 Å². The van der Waals surface area contributed by atoms with Crippen LogP contribution in [0.2, 0.25) is 0 Å². The third kappa shape index (κ3) is 9.08. The van der Waals surface area contributed by atoms with Crippen LogP contribution in [-0.2, 0) is 25.7 Å². The summed E-state index contributed by atoms with van der Waals surface area (Å²) < 4.78 is 2.40. The Morgan fingerprint density at radius 1 is 0.493 bits per heavy atom. The number of fused-ring (bicyclic) bond motifs is 6. The Bertz CT molecular complexity index is 3620. The summed E-state index contributed by atoms with van der Waals surface area (Å²) in [4.78, 5) is 0. The van der Waals surface area contributed by atoms with Gasteiger partial charge in [0.05, 0.1) is 11.0 Å². The van der Waals surface area contributed by atoms with Gasteiger partial charge in [0.2, 0.25) is 0 Å². The number of para-hydroxylation sites is 2. The fourth-order valence-electron chi connectivity index (χ4n) is 11.6. The molecular formula is C70H57N. The van der Waals surface area contributed by atoms with Crippen LogP contribution in [0.25, 0.3) is 61.4 Å². The first-order valence-electron chi connectivity index (χ1n) is 25.4. The van der Waals surface area contributed by atoms with Gasteiger partial charge in [-0.3, -0.25) is 0 Å². The molecule has 71 heavy (non-hydrogen) atoms. The Morgan fingerprint density at radius 2 is 1.11 bits per heavy atom. The summed E-state index contributed by atoms with van der Waals surface area (Å²) in [6, 6.07) is 94.5. The molecule has 12 rings (SSSR count). The van der Waals surface area contributed by atoms with Gasteiger partial charge >= 0.3 is 0 Å². The zero-order valence-corrected chi connectivity index (χ0v) is 40.3. The second-order valence-corrected chi connectivity index (χ2v) is 19.7. The van der Waals surface area contributed by atoms with Crippen molar-refractivity contribution in [3.8, 4) is 27.9 Å². The van der Waals surface area contributed by atoms with Gasteiger partial charge in [-0.05, 0) is 152 Å². The molecule has 0 aliphatic heterocycles. The fourth-order valence-corrected chi connectivity index (χ4v) is 11.6. The molecule has 1 nitrogen and oxygen atoms in total. The molecule has 11 aromatic rings. The number of allylic oxidation sites excluding steroid dienone is 1. The van der Waals surface area contributed by atoms with E-state index in [1.165, 1.54) is 105 Å². The van der Waals surface area contributed by atoms with Gasteiger partial charge in [-0.2, -0.15) is 0 Å². The predicted molar refractivity (Wildman–Crippen MR) is 300 cm³/mol. The number of nitrogens with zero attached hydrogens (tertiary/aromatic N) is 1. The lowest BCUT2D eigenvalue weighted by atomic mass is 9.75. The maximum absolute atomic E-state index is 2.48. The largest absolute Gasteiger partial charge is 0.309 e. The minimum atomic E-state index is 0.303. The number of hydrogen-bond donors (Lipinski definition) is 0. The van der Waals surface area contributed by atoms with Gasteiger partial charge in [0.25, 0.3) is 0 Å². The van der Waals surface area contributed by atoms with Crippen molar-refractivity contribution in [3.63, 3.8) is 0 Å². The first-order chi connectivity index (χ1) is 35.1. The first-order valence-corrected chi connectivity index (χ1v) is 25.4. The van der Waals surface area contributed by atoms with E-state index in [-0.39, 0.29) is 0 Å². The van der Waals surface area contributed by atoms with Gasteiger partial charge < -0.3 is 4.57 Å². The van der Waals surface area contributed by atoms with Crippen LogP contribution in [0.15, 0.2) is 255 Å². The van der Waals surface area contributed by atoms with E-state index in [1.54, 1.807) is 0 Å². The summed E-state index contributed by atoms with van der Waals surface area (Å²) in [5.74, 6) is 1.07. The van der Waals surface area contributed by atoms with E-state index >= 15 is 0 Å². The normalized spacial score (nSPS) is 14.2. The van der Waals surface area contributed by atoms with Crippen molar-refractivity contribution in [2.45, 2.75) is 50.4 Å². The topological polar surface area (TPSA) is 4.93 Å². The summed E-state index contributed by atoms with van der Waals surface area (Å²) in [5.41, 5.74) is 22.4. The summed E-state index contributed by atoms with van der Waals surface area (Å²) >= 11 is 0. The smallest absolute Gasteiger partial charge is 0.0541 e. The van der Waals surface area contributed by atoms with Crippen LogP contribution >= 0.6 is 0 Å². The summed E-state index contributed by atoms with van der Waals surface area (Å²) in [6.07, 6.45) is 6.30. The first kappa shape index (κ1) is 44.0. The highest BCUT2D eigenvalue weighted by Crippen LogP contribution is 2.43. The number of benzene rings is 10. The van der Waals surface area contributed by atoms with Crippen LogP contribution in [0.4, 0.5) is 0 Å². The molecule has 1 heterocycles. The quantitative estimate of drug-likeness (QED) is 0.102. The Balaban J connectivity index is 0.798. The minimum absolute atomic E-state index is 0.303. The van der Waals surface area contributed by atoms with E-state index in [0.717, 1.165) is 25.7 Å². The van der Waals surface area contributed by atoms with Gasteiger partial charge in [0.1, 0.15) is 0 Å². The van der Waals surface area contributed by atoms with Crippen molar-refractivity contribution in [2.75, 3.05) is 0 Å². The van der Waals surface area contributed by atoms with Crippen molar-refractivity contribution < 1.29 is 0 Å². The third-order valence-electron chi connectivity index (χ3n) is 15.3. The second-order valence-electron chi connectivity index (χ2n) is 19.7. The summed E-state index contributed by atoms with van der Waals surface area (Å²) in [5, 5.41) is 2.59. The Kier molecular flexibility index (Phi) is 12.2. The van der Waals surface area contributed by atoms with Crippen molar-refractivity contribution >= 4 is 33.5 Å². The van der Waals surface area contributed by atoms with Crippen LogP contribution in [0.5, 0.6) is 0 Å². The molecule has 1 aliphatic carbocycles. The Morgan fingerprint density at radius 3 is 1.87 bits per heavy atom. The highest BCUT2D eigenvalue weighted by molar-refractivity contribution is 6.09. The van der Waals surface area contributed by atoms with Crippen LogP contribution in [-0.4, -0.2) is 4.57 Å². The van der Waals surface area contributed by atoms with E-state index < -0.39 is 0 Å². The molecule has 1 aromatic heterocycles. The average molecular weight is 912 g/mol. The molecule has 0 radical (unpaired) electrons. The molecular weight excluding hydrogens is 855 g/mol. The van der Waals surface area contributed by atoms with E-state index in [4.69, 9.17) is 0 Å². The molecule has 1 heteroatoms. The fraction of sp³-hybridized carbons (Fsp3) is 0.114. The molecule has 1 aliphatic rings. The zero-order valence-electron chi connectivity index (χ0n) is 40.3. The lowest BCUT2D eigenvalue weighted by molar-refractivity contribution is 0.572. The number of hydrogen-bond acceptors (Lipinski definition) is 0. The average Bonchev–Trinajstić information content (AvgIpc) is 3.77.